The minimum Gasteiger partial charge on any atom is -0.332 e. The zero-order valence-corrected chi connectivity index (χ0v) is 19.7. The number of hydrogen-bond acceptors (Lipinski definition) is 3. The first kappa shape index (κ1) is 23.1. The van der Waals surface area contributed by atoms with Crippen LogP contribution in [0.2, 0.25) is 0 Å². The summed E-state index contributed by atoms with van der Waals surface area (Å²) in [7, 11) is 0. The SMILES string of the molecule is O=C(CN(C(=O)Nc1ccccc1)C1CCCCC1)N(Cc1ccccc1)Cc1cccs1. The molecule has 0 saturated heterocycles. The lowest BCUT2D eigenvalue weighted by molar-refractivity contribution is -0.133. The lowest BCUT2D eigenvalue weighted by Gasteiger charge is -2.35. The van der Waals surface area contributed by atoms with Crippen molar-refractivity contribution in [1.82, 2.24) is 9.80 Å². The number of amides is 3. The van der Waals surface area contributed by atoms with Crippen LogP contribution in [-0.2, 0) is 17.9 Å². The van der Waals surface area contributed by atoms with E-state index in [9.17, 15) is 9.59 Å². The summed E-state index contributed by atoms with van der Waals surface area (Å²) in [4.78, 5) is 31.7. The van der Waals surface area contributed by atoms with Gasteiger partial charge < -0.3 is 15.1 Å². The number of anilines is 1. The zero-order valence-electron chi connectivity index (χ0n) is 18.9. The molecule has 1 saturated carbocycles. The van der Waals surface area contributed by atoms with Gasteiger partial charge in [0.1, 0.15) is 6.54 Å². The molecule has 172 valence electrons. The zero-order chi connectivity index (χ0) is 22.9. The van der Waals surface area contributed by atoms with E-state index in [4.69, 9.17) is 0 Å². The van der Waals surface area contributed by atoms with E-state index < -0.39 is 0 Å². The molecule has 1 aromatic heterocycles. The molecule has 3 aromatic rings. The number of para-hydroxylation sites is 1. The number of urea groups is 1. The van der Waals surface area contributed by atoms with Crippen LogP contribution in [0.1, 0.15) is 42.5 Å². The van der Waals surface area contributed by atoms with Crippen molar-refractivity contribution >= 4 is 29.0 Å². The van der Waals surface area contributed by atoms with Crippen molar-refractivity contribution in [2.24, 2.45) is 0 Å². The molecule has 1 aliphatic rings. The highest BCUT2D eigenvalue weighted by Crippen LogP contribution is 2.24. The van der Waals surface area contributed by atoms with Gasteiger partial charge in [-0.2, -0.15) is 0 Å². The third kappa shape index (κ3) is 6.68. The Bertz CT molecular complexity index is 1000. The maximum atomic E-state index is 13.6. The maximum absolute atomic E-state index is 13.6. The third-order valence-corrected chi connectivity index (χ3v) is 6.96. The van der Waals surface area contributed by atoms with E-state index in [2.05, 4.69) is 11.4 Å². The van der Waals surface area contributed by atoms with Gasteiger partial charge in [0.2, 0.25) is 5.91 Å². The van der Waals surface area contributed by atoms with Gasteiger partial charge in [0, 0.05) is 23.2 Å². The monoisotopic (exact) mass is 461 g/mol. The Balaban J connectivity index is 1.52. The van der Waals surface area contributed by atoms with Crippen molar-refractivity contribution in [1.29, 1.82) is 0 Å². The third-order valence-electron chi connectivity index (χ3n) is 6.10. The summed E-state index contributed by atoms with van der Waals surface area (Å²) in [6.45, 7) is 1.15. The van der Waals surface area contributed by atoms with E-state index in [1.807, 2.05) is 77.0 Å². The molecule has 4 rings (SSSR count). The van der Waals surface area contributed by atoms with Gasteiger partial charge in [-0.15, -0.1) is 11.3 Å². The molecule has 1 aliphatic carbocycles. The lowest BCUT2D eigenvalue weighted by atomic mass is 9.94. The Morgan fingerprint density at radius 2 is 1.55 bits per heavy atom. The molecular weight excluding hydrogens is 430 g/mol. The number of nitrogens with zero attached hydrogens (tertiary/aromatic N) is 2. The Morgan fingerprint density at radius 1 is 0.848 bits per heavy atom. The average molecular weight is 462 g/mol. The van der Waals surface area contributed by atoms with Gasteiger partial charge in [0.25, 0.3) is 0 Å². The van der Waals surface area contributed by atoms with Crippen molar-refractivity contribution in [2.45, 2.75) is 51.2 Å². The molecule has 3 amide bonds. The number of carbonyl (C=O) groups excluding carboxylic acids is 2. The summed E-state index contributed by atoms with van der Waals surface area (Å²) in [5.41, 5.74) is 1.83. The van der Waals surface area contributed by atoms with Crippen LogP contribution >= 0.6 is 11.3 Å². The number of thiophene rings is 1. The summed E-state index contributed by atoms with van der Waals surface area (Å²) in [5, 5.41) is 5.03. The summed E-state index contributed by atoms with van der Waals surface area (Å²) in [6.07, 6.45) is 5.27. The van der Waals surface area contributed by atoms with Crippen LogP contribution < -0.4 is 5.32 Å². The van der Waals surface area contributed by atoms with Gasteiger partial charge in [-0.1, -0.05) is 73.9 Å². The van der Waals surface area contributed by atoms with E-state index in [1.54, 1.807) is 16.2 Å². The molecule has 1 heterocycles. The minimum absolute atomic E-state index is 0.0268. The molecule has 1 fully saturated rings. The van der Waals surface area contributed by atoms with Crippen LogP contribution in [-0.4, -0.2) is 34.3 Å². The molecule has 0 spiro atoms. The van der Waals surface area contributed by atoms with E-state index >= 15 is 0 Å². The molecule has 2 aromatic carbocycles. The Hall–Kier alpha value is -3.12. The molecule has 0 radical (unpaired) electrons. The number of nitrogens with one attached hydrogen (secondary N) is 1. The summed E-state index contributed by atoms with van der Waals surface area (Å²) < 4.78 is 0. The van der Waals surface area contributed by atoms with Crippen LogP contribution in [0, 0.1) is 0 Å². The first-order valence-corrected chi connectivity index (χ1v) is 12.5. The predicted octanol–water partition coefficient (Wildman–Crippen LogP) is 6.14. The standard InChI is InChI=1S/C27H31N3O2S/c31-26(29(20-25-17-10-18-33-25)19-22-11-4-1-5-12-22)21-30(24-15-8-3-9-16-24)27(32)28-23-13-6-2-7-14-23/h1-2,4-7,10-14,17-18,24H,3,8-9,15-16,19-21H2,(H,28,32). The fourth-order valence-electron chi connectivity index (χ4n) is 4.35. The van der Waals surface area contributed by atoms with E-state index in [1.165, 1.54) is 6.42 Å². The highest BCUT2D eigenvalue weighted by atomic mass is 32.1. The van der Waals surface area contributed by atoms with Crippen LogP contribution in [0.15, 0.2) is 78.2 Å². The van der Waals surface area contributed by atoms with Gasteiger partial charge in [-0.3, -0.25) is 4.79 Å². The molecule has 0 unspecified atom stereocenters. The van der Waals surface area contributed by atoms with Gasteiger partial charge in [0.15, 0.2) is 0 Å². The Labute approximate surface area is 200 Å². The fraction of sp³-hybridized carbons (Fsp3) is 0.333. The van der Waals surface area contributed by atoms with Crippen molar-refractivity contribution in [3.63, 3.8) is 0 Å². The van der Waals surface area contributed by atoms with Crippen LogP contribution in [0.3, 0.4) is 0 Å². The second-order valence-corrected chi connectivity index (χ2v) is 9.56. The highest BCUT2D eigenvalue weighted by molar-refractivity contribution is 7.09. The number of benzene rings is 2. The number of rotatable bonds is 8. The first-order chi connectivity index (χ1) is 16.2. The minimum atomic E-state index is -0.197. The number of hydrogen-bond donors (Lipinski definition) is 1. The van der Waals surface area contributed by atoms with Crippen LogP contribution in [0.5, 0.6) is 0 Å². The maximum Gasteiger partial charge on any atom is 0.322 e. The summed E-state index contributed by atoms with van der Waals surface area (Å²) >= 11 is 1.65. The van der Waals surface area contributed by atoms with Crippen LogP contribution in [0.25, 0.3) is 0 Å². The average Bonchev–Trinajstić information content (AvgIpc) is 3.37. The Kier molecular flexibility index (Phi) is 8.14. The van der Waals surface area contributed by atoms with Crippen molar-refractivity contribution < 1.29 is 9.59 Å². The van der Waals surface area contributed by atoms with Gasteiger partial charge in [-0.25, -0.2) is 4.79 Å². The molecule has 0 bridgehead atoms. The second-order valence-electron chi connectivity index (χ2n) is 8.53. The lowest BCUT2D eigenvalue weighted by Crippen LogP contribution is -2.49. The summed E-state index contributed by atoms with van der Waals surface area (Å²) in [5.74, 6) is -0.0268. The molecule has 0 aliphatic heterocycles. The Morgan fingerprint density at radius 3 is 2.21 bits per heavy atom. The molecule has 0 atom stereocenters. The smallest absolute Gasteiger partial charge is 0.322 e. The van der Waals surface area contributed by atoms with Crippen molar-refractivity contribution in [3.8, 4) is 0 Å². The second kappa shape index (κ2) is 11.7. The molecule has 33 heavy (non-hydrogen) atoms. The van der Waals surface area contributed by atoms with E-state index in [0.717, 1.165) is 41.8 Å². The first-order valence-electron chi connectivity index (χ1n) is 11.7. The normalized spacial score (nSPS) is 13.9. The van der Waals surface area contributed by atoms with Gasteiger partial charge in [0.05, 0.1) is 6.54 Å². The van der Waals surface area contributed by atoms with Crippen molar-refractivity contribution in [2.75, 3.05) is 11.9 Å². The highest BCUT2D eigenvalue weighted by Gasteiger charge is 2.29. The molecule has 6 heteroatoms. The predicted molar refractivity (Wildman–Crippen MR) is 134 cm³/mol. The van der Waals surface area contributed by atoms with E-state index in [0.29, 0.717) is 13.1 Å². The van der Waals surface area contributed by atoms with Gasteiger partial charge >= 0.3 is 6.03 Å². The topological polar surface area (TPSA) is 52.7 Å². The van der Waals surface area contributed by atoms with Crippen molar-refractivity contribution in [3.05, 3.63) is 88.6 Å². The van der Waals surface area contributed by atoms with E-state index in [-0.39, 0.29) is 24.5 Å². The molecule has 1 N–H and O–H groups in total. The largest absolute Gasteiger partial charge is 0.332 e. The molecule has 5 nitrogen and oxygen atoms in total. The van der Waals surface area contributed by atoms with Crippen LogP contribution in [0.4, 0.5) is 10.5 Å². The number of carbonyl (C=O) groups is 2. The molecular formula is C27H31N3O2S. The quantitative estimate of drug-likeness (QED) is 0.438. The van der Waals surface area contributed by atoms with Gasteiger partial charge in [-0.05, 0) is 42.0 Å². The fourth-order valence-corrected chi connectivity index (χ4v) is 5.07. The summed E-state index contributed by atoms with van der Waals surface area (Å²) in [6, 6.07) is 23.4.